The average molecular weight is 590 g/mol. The van der Waals surface area contributed by atoms with E-state index in [1.54, 1.807) is 0 Å². The van der Waals surface area contributed by atoms with Gasteiger partial charge < -0.3 is 0 Å². The monoisotopic (exact) mass is 589 g/mol. The summed E-state index contributed by atoms with van der Waals surface area (Å²) in [6, 6.07) is 39.8. The van der Waals surface area contributed by atoms with E-state index in [-0.39, 0.29) is 0 Å². The molecule has 214 valence electrons. The molecule has 9 aromatic rings. The van der Waals surface area contributed by atoms with Crippen LogP contribution in [-0.4, -0.2) is 34.9 Å². The predicted molar refractivity (Wildman–Crippen MR) is 183 cm³/mol. The molecule has 0 N–H and O–H groups in total. The molecule has 0 fully saturated rings. The first-order chi connectivity index (χ1) is 22.8. The van der Waals surface area contributed by atoms with Crippen LogP contribution in [0, 0.1) is 0 Å². The summed E-state index contributed by atoms with van der Waals surface area (Å²) in [5.41, 5.74) is 10.8. The lowest BCUT2D eigenvalue weighted by Crippen LogP contribution is -1.92. The van der Waals surface area contributed by atoms with Gasteiger partial charge >= 0.3 is 0 Å². The second-order valence-corrected chi connectivity index (χ2v) is 11.1. The maximum absolute atomic E-state index is 5.01. The van der Waals surface area contributed by atoms with Gasteiger partial charge in [0.15, 0.2) is 5.82 Å². The van der Waals surface area contributed by atoms with Gasteiger partial charge in [-0.05, 0) is 64.7 Å². The first-order valence-corrected chi connectivity index (χ1v) is 14.9. The molecule has 0 aliphatic heterocycles. The summed E-state index contributed by atoms with van der Waals surface area (Å²) in [5.74, 6) is 0.557. The van der Waals surface area contributed by atoms with E-state index in [4.69, 9.17) is 9.97 Å². The van der Waals surface area contributed by atoms with E-state index in [0.717, 1.165) is 82.8 Å². The Kier molecular flexibility index (Phi) is 5.99. The van der Waals surface area contributed by atoms with Crippen molar-refractivity contribution in [3.8, 4) is 45.0 Å². The molecular weight excluding hydrogens is 566 g/mol. The van der Waals surface area contributed by atoms with Gasteiger partial charge in [0.05, 0.1) is 27.8 Å². The molecule has 0 aliphatic carbocycles. The number of pyridine rings is 4. The molecule has 0 atom stereocenters. The van der Waals surface area contributed by atoms with Gasteiger partial charge in [-0.3, -0.25) is 9.97 Å². The Morgan fingerprint density at radius 1 is 0.413 bits per heavy atom. The molecular formula is C39H23N7. The third kappa shape index (κ3) is 4.50. The molecule has 0 saturated heterocycles. The molecule has 0 aliphatic rings. The van der Waals surface area contributed by atoms with Crippen LogP contribution in [0.2, 0.25) is 0 Å². The van der Waals surface area contributed by atoms with Crippen LogP contribution in [0.4, 0.5) is 0 Å². The number of hydrogen-bond acceptors (Lipinski definition) is 7. The van der Waals surface area contributed by atoms with Crippen molar-refractivity contribution >= 4 is 43.6 Å². The van der Waals surface area contributed by atoms with E-state index < -0.39 is 0 Å². The standard InChI is InChI=1S/C39H23N7/c1-2-27-9-13-32-31(17-19-42-38(32)37(27)41-18-1)24-3-5-25(6-4-24)33-15-12-30-20-28(11-14-34(30)45-33)29-8-7-26-10-16-35(46-36(26)21-29)39-43-22-40-23-44-39/h1-23H. The fraction of sp³-hybridized carbons (Fsp3) is 0. The fourth-order valence-corrected chi connectivity index (χ4v) is 6.08. The van der Waals surface area contributed by atoms with Gasteiger partial charge in [0, 0.05) is 39.5 Å². The minimum absolute atomic E-state index is 0.557. The molecule has 0 spiro atoms. The Hall–Kier alpha value is -6.47. The summed E-state index contributed by atoms with van der Waals surface area (Å²) in [5, 5.41) is 4.31. The van der Waals surface area contributed by atoms with Crippen molar-refractivity contribution in [1.29, 1.82) is 0 Å². The molecule has 0 unspecified atom stereocenters. The molecule has 0 saturated carbocycles. The van der Waals surface area contributed by atoms with E-state index in [9.17, 15) is 0 Å². The predicted octanol–water partition coefficient (Wildman–Crippen LogP) is 8.73. The third-order valence-corrected chi connectivity index (χ3v) is 8.41. The van der Waals surface area contributed by atoms with Crippen molar-refractivity contribution in [2.45, 2.75) is 0 Å². The Balaban J connectivity index is 1.02. The van der Waals surface area contributed by atoms with Crippen LogP contribution in [0.3, 0.4) is 0 Å². The summed E-state index contributed by atoms with van der Waals surface area (Å²) in [7, 11) is 0. The summed E-state index contributed by atoms with van der Waals surface area (Å²) in [4.78, 5) is 31.5. The maximum Gasteiger partial charge on any atom is 0.181 e. The first-order valence-electron chi connectivity index (χ1n) is 14.9. The number of aromatic nitrogens is 7. The zero-order valence-corrected chi connectivity index (χ0v) is 24.4. The van der Waals surface area contributed by atoms with Gasteiger partial charge in [-0.2, -0.15) is 0 Å². The first kappa shape index (κ1) is 26.0. The lowest BCUT2D eigenvalue weighted by molar-refractivity contribution is 1.05. The Morgan fingerprint density at radius 2 is 1.11 bits per heavy atom. The molecule has 9 rings (SSSR count). The molecule has 46 heavy (non-hydrogen) atoms. The van der Waals surface area contributed by atoms with Gasteiger partial charge in [-0.25, -0.2) is 24.9 Å². The normalized spacial score (nSPS) is 11.5. The molecule has 0 amide bonds. The smallest absolute Gasteiger partial charge is 0.181 e. The van der Waals surface area contributed by atoms with Crippen LogP contribution >= 0.6 is 0 Å². The number of nitrogens with zero attached hydrogens (tertiary/aromatic N) is 7. The minimum Gasteiger partial charge on any atom is -0.254 e. The molecule has 7 heteroatoms. The summed E-state index contributed by atoms with van der Waals surface area (Å²) < 4.78 is 0. The van der Waals surface area contributed by atoms with Crippen molar-refractivity contribution in [2.75, 3.05) is 0 Å². The molecule has 0 radical (unpaired) electrons. The van der Waals surface area contributed by atoms with Crippen molar-refractivity contribution < 1.29 is 0 Å². The average Bonchev–Trinajstić information content (AvgIpc) is 3.14. The highest BCUT2D eigenvalue weighted by molar-refractivity contribution is 6.08. The Labute approximate surface area is 263 Å². The minimum atomic E-state index is 0.557. The van der Waals surface area contributed by atoms with E-state index in [1.165, 1.54) is 12.7 Å². The van der Waals surface area contributed by atoms with Crippen LogP contribution < -0.4 is 0 Å². The molecule has 5 heterocycles. The lowest BCUT2D eigenvalue weighted by atomic mass is 9.98. The van der Waals surface area contributed by atoms with Crippen molar-refractivity contribution in [1.82, 2.24) is 34.9 Å². The summed E-state index contributed by atoms with van der Waals surface area (Å²) in [6.45, 7) is 0. The number of benzene rings is 4. The van der Waals surface area contributed by atoms with Crippen LogP contribution in [0.1, 0.15) is 0 Å². The van der Waals surface area contributed by atoms with Crippen molar-refractivity contribution in [3.63, 3.8) is 0 Å². The van der Waals surface area contributed by atoms with Crippen LogP contribution in [0.15, 0.2) is 140 Å². The fourth-order valence-electron chi connectivity index (χ4n) is 6.08. The zero-order chi connectivity index (χ0) is 30.5. The van der Waals surface area contributed by atoms with Crippen molar-refractivity contribution in [3.05, 3.63) is 140 Å². The number of rotatable bonds is 4. The quantitative estimate of drug-likeness (QED) is 0.190. The Morgan fingerprint density at radius 3 is 2.02 bits per heavy atom. The topological polar surface area (TPSA) is 90.2 Å². The highest BCUT2D eigenvalue weighted by atomic mass is 15.0. The molecule has 4 aromatic carbocycles. The van der Waals surface area contributed by atoms with Gasteiger partial charge in [-0.15, -0.1) is 0 Å². The van der Waals surface area contributed by atoms with E-state index in [1.807, 2.05) is 30.6 Å². The maximum atomic E-state index is 5.01. The highest BCUT2D eigenvalue weighted by Crippen LogP contribution is 2.33. The molecule has 5 aromatic heterocycles. The van der Waals surface area contributed by atoms with Crippen LogP contribution in [0.5, 0.6) is 0 Å². The second kappa shape index (κ2) is 10.6. The third-order valence-electron chi connectivity index (χ3n) is 8.41. The summed E-state index contributed by atoms with van der Waals surface area (Å²) in [6.07, 6.45) is 6.65. The second-order valence-electron chi connectivity index (χ2n) is 11.1. The van der Waals surface area contributed by atoms with E-state index in [2.05, 4.69) is 122 Å². The van der Waals surface area contributed by atoms with Gasteiger partial charge in [0.25, 0.3) is 0 Å². The van der Waals surface area contributed by atoms with Crippen molar-refractivity contribution in [2.24, 2.45) is 0 Å². The van der Waals surface area contributed by atoms with Crippen LogP contribution in [0.25, 0.3) is 88.6 Å². The van der Waals surface area contributed by atoms with Gasteiger partial charge in [-0.1, -0.05) is 72.8 Å². The van der Waals surface area contributed by atoms with Crippen LogP contribution in [-0.2, 0) is 0 Å². The largest absolute Gasteiger partial charge is 0.254 e. The van der Waals surface area contributed by atoms with Gasteiger partial charge in [0.1, 0.15) is 18.3 Å². The van der Waals surface area contributed by atoms with E-state index in [0.29, 0.717) is 5.82 Å². The number of hydrogen-bond donors (Lipinski definition) is 0. The molecule has 7 nitrogen and oxygen atoms in total. The zero-order valence-electron chi connectivity index (χ0n) is 24.4. The highest BCUT2D eigenvalue weighted by Gasteiger charge is 2.11. The summed E-state index contributed by atoms with van der Waals surface area (Å²) >= 11 is 0. The number of fused-ring (bicyclic) bond motifs is 5. The molecule has 0 bridgehead atoms. The Bertz CT molecular complexity index is 2580. The van der Waals surface area contributed by atoms with E-state index >= 15 is 0 Å². The SMILES string of the molecule is c1cnc2c(c1)ccc1c(-c3ccc(-c4ccc5cc(-c6ccc7ccc(-c8ncncn8)nc7c6)ccc5n4)cc3)ccnc12. The lowest BCUT2D eigenvalue weighted by Gasteiger charge is -2.10. The van der Waals surface area contributed by atoms with Gasteiger partial charge in [0.2, 0.25) is 0 Å².